The van der Waals surface area contributed by atoms with Crippen molar-refractivity contribution in [1.82, 2.24) is 9.80 Å². The third-order valence-corrected chi connectivity index (χ3v) is 3.68. The van der Waals surface area contributed by atoms with Crippen LogP contribution in [0.15, 0.2) is 0 Å². The number of carbonyl (C=O) groups excluding carboxylic acids is 1. The Morgan fingerprint density at radius 1 is 1.22 bits per heavy atom. The van der Waals surface area contributed by atoms with Gasteiger partial charge in [0.2, 0.25) is 0 Å². The number of ether oxygens (including phenoxy) is 1. The van der Waals surface area contributed by atoms with Crippen LogP contribution in [0.25, 0.3) is 0 Å². The molecular weight excluding hydrogens is 228 g/mol. The lowest BCUT2D eigenvalue weighted by molar-refractivity contribution is -0.162. The predicted molar refractivity (Wildman–Crippen MR) is 73.6 cm³/mol. The van der Waals surface area contributed by atoms with E-state index in [0.717, 1.165) is 13.1 Å². The average molecular weight is 256 g/mol. The topological polar surface area (TPSA) is 32.8 Å². The lowest BCUT2D eigenvalue weighted by Crippen LogP contribution is -2.58. The van der Waals surface area contributed by atoms with Crippen LogP contribution in [-0.2, 0) is 9.53 Å². The van der Waals surface area contributed by atoms with Crippen molar-refractivity contribution in [3.05, 3.63) is 0 Å². The normalized spacial score (nSPS) is 29.1. The summed E-state index contributed by atoms with van der Waals surface area (Å²) in [5.41, 5.74) is -0.408. The standard InChI is InChI=1S/C14H28N2O2/c1-10-8-16(9-11(2)15(10)7)12(3)13(17)18-14(4,5)6/h10-12H,8-9H2,1-7H3. The second kappa shape index (κ2) is 5.57. The van der Waals surface area contributed by atoms with Gasteiger partial charge in [-0.25, -0.2) is 0 Å². The van der Waals surface area contributed by atoms with Gasteiger partial charge in [-0.1, -0.05) is 0 Å². The summed E-state index contributed by atoms with van der Waals surface area (Å²) in [6.45, 7) is 13.9. The van der Waals surface area contributed by atoms with Crippen LogP contribution in [0.5, 0.6) is 0 Å². The molecule has 0 aromatic heterocycles. The molecule has 106 valence electrons. The van der Waals surface area contributed by atoms with E-state index in [2.05, 4.69) is 30.7 Å². The third kappa shape index (κ3) is 3.95. The van der Waals surface area contributed by atoms with Gasteiger partial charge in [0.15, 0.2) is 0 Å². The summed E-state index contributed by atoms with van der Waals surface area (Å²) in [4.78, 5) is 16.7. The van der Waals surface area contributed by atoms with Crippen molar-refractivity contribution >= 4 is 5.97 Å². The van der Waals surface area contributed by atoms with Gasteiger partial charge >= 0.3 is 5.97 Å². The third-order valence-electron chi connectivity index (χ3n) is 3.68. The molecule has 1 saturated heterocycles. The summed E-state index contributed by atoms with van der Waals surface area (Å²) < 4.78 is 5.46. The van der Waals surface area contributed by atoms with Gasteiger partial charge in [0.05, 0.1) is 0 Å². The number of carbonyl (C=O) groups is 1. The summed E-state index contributed by atoms with van der Waals surface area (Å²) >= 11 is 0. The first-order valence-electron chi connectivity index (χ1n) is 6.80. The van der Waals surface area contributed by atoms with Gasteiger partial charge in [-0.15, -0.1) is 0 Å². The van der Waals surface area contributed by atoms with Crippen molar-refractivity contribution in [3.8, 4) is 0 Å². The first-order chi connectivity index (χ1) is 8.11. The predicted octanol–water partition coefficient (Wildman–Crippen LogP) is 1.74. The fraction of sp³-hybridized carbons (Fsp3) is 0.929. The zero-order chi connectivity index (χ0) is 14.1. The first kappa shape index (κ1) is 15.4. The molecule has 0 aromatic carbocycles. The molecule has 1 aliphatic rings. The first-order valence-corrected chi connectivity index (χ1v) is 6.80. The van der Waals surface area contributed by atoms with Crippen molar-refractivity contribution in [2.24, 2.45) is 0 Å². The Morgan fingerprint density at radius 2 is 1.67 bits per heavy atom. The molecule has 4 heteroatoms. The second-order valence-electron chi connectivity index (χ2n) is 6.53. The number of hydrogen-bond donors (Lipinski definition) is 0. The number of piperazine rings is 1. The molecule has 1 fully saturated rings. The molecule has 1 aliphatic heterocycles. The fourth-order valence-electron chi connectivity index (χ4n) is 2.30. The Balaban J connectivity index is 2.62. The number of esters is 1. The Kier molecular flexibility index (Phi) is 4.78. The molecule has 1 rings (SSSR count). The summed E-state index contributed by atoms with van der Waals surface area (Å²) in [7, 11) is 2.14. The van der Waals surface area contributed by atoms with E-state index in [1.165, 1.54) is 0 Å². The number of hydrogen-bond acceptors (Lipinski definition) is 4. The summed E-state index contributed by atoms with van der Waals surface area (Å²) in [5, 5.41) is 0. The zero-order valence-corrected chi connectivity index (χ0v) is 12.9. The molecule has 0 saturated carbocycles. The minimum Gasteiger partial charge on any atom is -0.459 e. The number of nitrogens with zero attached hydrogens (tertiary/aromatic N) is 2. The Labute approximate surface area is 111 Å². The van der Waals surface area contributed by atoms with E-state index in [9.17, 15) is 4.79 Å². The summed E-state index contributed by atoms with van der Waals surface area (Å²) in [6.07, 6.45) is 0. The van der Waals surface area contributed by atoms with Crippen LogP contribution in [0, 0.1) is 0 Å². The lowest BCUT2D eigenvalue weighted by atomic mass is 10.1. The van der Waals surface area contributed by atoms with Crippen LogP contribution in [0.4, 0.5) is 0 Å². The van der Waals surface area contributed by atoms with E-state index in [1.807, 2.05) is 27.7 Å². The highest BCUT2D eigenvalue weighted by Crippen LogP contribution is 2.18. The van der Waals surface area contributed by atoms with Crippen molar-refractivity contribution in [3.63, 3.8) is 0 Å². The molecular formula is C14H28N2O2. The van der Waals surface area contributed by atoms with Gasteiger partial charge in [0.25, 0.3) is 0 Å². The van der Waals surface area contributed by atoms with Gasteiger partial charge in [0.1, 0.15) is 11.6 Å². The minimum atomic E-state index is -0.408. The minimum absolute atomic E-state index is 0.119. The van der Waals surface area contributed by atoms with Crippen molar-refractivity contribution in [2.45, 2.75) is 65.3 Å². The summed E-state index contributed by atoms with van der Waals surface area (Å²) in [5.74, 6) is -0.119. The molecule has 0 spiro atoms. The smallest absolute Gasteiger partial charge is 0.323 e. The molecule has 0 bridgehead atoms. The van der Waals surface area contributed by atoms with E-state index in [1.54, 1.807) is 0 Å². The van der Waals surface area contributed by atoms with Gasteiger partial charge in [-0.05, 0) is 48.6 Å². The highest BCUT2D eigenvalue weighted by Gasteiger charge is 2.33. The highest BCUT2D eigenvalue weighted by atomic mass is 16.6. The maximum atomic E-state index is 12.1. The number of rotatable bonds is 2. The van der Waals surface area contributed by atoms with E-state index in [-0.39, 0.29) is 12.0 Å². The van der Waals surface area contributed by atoms with Crippen molar-refractivity contribution in [1.29, 1.82) is 0 Å². The van der Waals surface area contributed by atoms with Crippen LogP contribution < -0.4 is 0 Å². The Morgan fingerprint density at radius 3 is 2.06 bits per heavy atom. The largest absolute Gasteiger partial charge is 0.459 e. The van der Waals surface area contributed by atoms with E-state index in [0.29, 0.717) is 12.1 Å². The molecule has 1 heterocycles. The van der Waals surface area contributed by atoms with E-state index in [4.69, 9.17) is 4.74 Å². The molecule has 4 nitrogen and oxygen atoms in total. The van der Waals surface area contributed by atoms with Crippen LogP contribution >= 0.6 is 0 Å². The number of likely N-dealkylation sites (N-methyl/N-ethyl adjacent to an activating group) is 1. The lowest BCUT2D eigenvalue weighted by Gasteiger charge is -2.44. The van der Waals surface area contributed by atoms with Crippen molar-refractivity contribution < 1.29 is 9.53 Å². The SMILES string of the molecule is CC(C(=O)OC(C)(C)C)N1CC(C)N(C)C(C)C1. The molecule has 18 heavy (non-hydrogen) atoms. The molecule has 3 atom stereocenters. The summed E-state index contributed by atoms with van der Waals surface area (Å²) in [6, 6.07) is 0.778. The quantitative estimate of drug-likeness (QED) is 0.705. The maximum absolute atomic E-state index is 12.1. The Bertz CT molecular complexity index is 287. The van der Waals surface area contributed by atoms with Gasteiger partial charge in [0, 0.05) is 25.2 Å². The monoisotopic (exact) mass is 256 g/mol. The zero-order valence-electron chi connectivity index (χ0n) is 12.9. The van der Waals surface area contributed by atoms with Crippen LogP contribution in [0.3, 0.4) is 0 Å². The van der Waals surface area contributed by atoms with Gasteiger partial charge in [-0.2, -0.15) is 0 Å². The second-order valence-corrected chi connectivity index (χ2v) is 6.53. The fourth-order valence-corrected chi connectivity index (χ4v) is 2.30. The van der Waals surface area contributed by atoms with Crippen LogP contribution in [-0.4, -0.2) is 59.6 Å². The Hall–Kier alpha value is -0.610. The van der Waals surface area contributed by atoms with Gasteiger partial charge in [-0.3, -0.25) is 14.6 Å². The molecule has 0 radical (unpaired) electrons. The molecule has 0 amide bonds. The van der Waals surface area contributed by atoms with Crippen LogP contribution in [0.2, 0.25) is 0 Å². The van der Waals surface area contributed by atoms with Crippen LogP contribution in [0.1, 0.15) is 41.5 Å². The maximum Gasteiger partial charge on any atom is 0.323 e. The average Bonchev–Trinajstić information content (AvgIpc) is 2.21. The van der Waals surface area contributed by atoms with E-state index >= 15 is 0 Å². The molecule has 3 unspecified atom stereocenters. The molecule has 0 aromatic rings. The molecule has 0 N–H and O–H groups in total. The van der Waals surface area contributed by atoms with Gasteiger partial charge < -0.3 is 4.74 Å². The van der Waals surface area contributed by atoms with Crippen molar-refractivity contribution in [2.75, 3.05) is 20.1 Å². The van der Waals surface area contributed by atoms with E-state index < -0.39 is 5.60 Å². The highest BCUT2D eigenvalue weighted by molar-refractivity contribution is 5.75. The molecule has 0 aliphatic carbocycles.